The quantitative estimate of drug-likeness (QED) is 0.172. The van der Waals surface area contributed by atoms with Crippen LogP contribution in [0.1, 0.15) is 115 Å². The van der Waals surface area contributed by atoms with Crippen LogP contribution in [0.2, 0.25) is 0 Å². The SMILES string of the molecule is CCCCCCCCCCCCCCCC(CNC(=O)OC1CCCOC1)COCc1ccccc1. The summed E-state index contributed by atoms with van der Waals surface area (Å²) in [6.07, 6.45) is 20.1. The molecule has 1 aliphatic heterocycles. The van der Waals surface area contributed by atoms with Gasteiger partial charge in [0.15, 0.2) is 0 Å². The Morgan fingerprint density at radius 3 is 2.19 bits per heavy atom. The molecule has 0 aromatic heterocycles. The Hall–Kier alpha value is -1.59. The Morgan fingerprint density at radius 1 is 0.944 bits per heavy atom. The monoisotopic (exact) mass is 503 g/mol. The van der Waals surface area contributed by atoms with Crippen LogP contribution in [0.25, 0.3) is 0 Å². The van der Waals surface area contributed by atoms with E-state index >= 15 is 0 Å². The molecule has 36 heavy (non-hydrogen) atoms. The second-order valence-electron chi connectivity index (χ2n) is 10.5. The fourth-order valence-corrected chi connectivity index (χ4v) is 4.84. The number of benzene rings is 1. The smallest absolute Gasteiger partial charge is 0.407 e. The van der Waals surface area contributed by atoms with Crippen molar-refractivity contribution in [2.75, 3.05) is 26.4 Å². The standard InChI is InChI=1S/C31H53NO4/c1-2-3-4-5-6-7-8-9-10-11-12-13-15-21-29(26-35-25-28-19-16-14-17-20-28)24-32-31(33)36-30-22-18-23-34-27-30/h14,16-17,19-20,29-30H,2-13,15,18,21-27H2,1H3,(H,32,33). The zero-order valence-corrected chi connectivity index (χ0v) is 23.0. The van der Waals surface area contributed by atoms with Crippen LogP contribution in [0, 0.1) is 5.92 Å². The van der Waals surface area contributed by atoms with E-state index in [0.717, 1.165) is 25.9 Å². The molecule has 0 radical (unpaired) electrons. The second kappa shape index (κ2) is 21.5. The average Bonchev–Trinajstić information content (AvgIpc) is 2.90. The van der Waals surface area contributed by atoms with Crippen molar-refractivity contribution in [1.29, 1.82) is 0 Å². The molecular weight excluding hydrogens is 450 g/mol. The third kappa shape index (κ3) is 16.2. The van der Waals surface area contributed by atoms with Crippen LogP contribution in [-0.4, -0.2) is 38.6 Å². The van der Waals surface area contributed by atoms with Crippen molar-refractivity contribution in [2.45, 2.75) is 122 Å². The molecule has 1 aliphatic rings. The van der Waals surface area contributed by atoms with Gasteiger partial charge in [-0.05, 0) is 30.7 Å². The van der Waals surface area contributed by atoms with Crippen molar-refractivity contribution in [3.05, 3.63) is 35.9 Å². The molecule has 1 heterocycles. The molecule has 1 N–H and O–H groups in total. The summed E-state index contributed by atoms with van der Waals surface area (Å²) < 4.78 is 16.9. The van der Waals surface area contributed by atoms with Gasteiger partial charge in [0.1, 0.15) is 6.10 Å². The lowest BCUT2D eigenvalue weighted by atomic mass is 10.00. The molecule has 2 atom stereocenters. The van der Waals surface area contributed by atoms with Gasteiger partial charge in [0.25, 0.3) is 0 Å². The number of nitrogens with one attached hydrogen (secondary N) is 1. The van der Waals surface area contributed by atoms with E-state index < -0.39 is 0 Å². The first-order chi connectivity index (χ1) is 17.8. The van der Waals surface area contributed by atoms with E-state index in [4.69, 9.17) is 14.2 Å². The number of unbranched alkanes of at least 4 members (excludes halogenated alkanes) is 12. The molecular formula is C31H53NO4. The molecule has 1 saturated heterocycles. The average molecular weight is 504 g/mol. The summed E-state index contributed by atoms with van der Waals surface area (Å²) in [5.74, 6) is 0.302. The molecule has 2 unspecified atom stereocenters. The molecule has 0 bridgehead atoms. The molecule has 0 spiro atoms. The van der Waals surface area contributed by atoms with Crippen molar-refractivity contribution < 1.29 is 19.0 Å². The van der Waals surface area contributed by atoms with Crippen molar-refractivity contribution in [3.8, 4) is 0 Å². The minimum Gasteiger partial charge on any atom is -0.444 e. The highest BCUT2D eigenvalue weighted by atomic mass is 16.6. The third-order valence-corrected chi connectivity index (χ3v) is 7.11. The predicted octanol–water partition coefficient (Wildman–Crippen LogP) is 8.21. The van der Waals surface area contributed by atoms with Crippen LogP contribution < -0.4 is 5.32 Å². The van der Waals surface area contributed by atoms with Crippen molar-refractivity contribution in [1.82, 2.24) is 5.32 Å². The lowest BCUT2D eigenvalue weighted by Crippen LogP contribution is -2.36. The molecule has 206 valence electrons. The minimum absolute atomic E-state index is 0.118. The number of rotatable bonds is 21. The number of carbonyl (C=O) groups excluding carboxylic acids is 1. The van der Waals surface area contributed by atoms with E-state index in [-0.39, 0.29) is 12.2 Å². The van der Waals surface area contributed by atoms with E-state index in [0.29, 0.717) is 32.3 Å². The van der Waals surface area contributed by atoms with Crippen LogP contribution in [0.5, 0.6) is 0 Å². The van der Waals surface area contributed by atoms with Crippen LogP contribution in [0.4, 0.5) is 4.79 Å². The molecule has 5 heteroatoms. The Balaban J connectivity index is 1.56. The Labute approximate surface area is 221 Å². The summed E-state index contributed by atoms with van der Waals surface area (Å²) in [5, 5.41) is 2.98. The molecule has 0 saturated carbocycles. The molecule has 1 aromatic carbocycles. The molecule has 1 amide bonds. The first-order valence-electron chi connectivity index (χ1n) is 14.9. The maximum absolute atomic E-state index is 12.3. The second-order valence-corrected chi connectivity index (χ2v) is 10.5. The summed E-state index contributed by atoms with van der Waals surface area (Å²) in [6, 6.07) is 10.3. The van der Waals surface area contributed by atoms with E-state index in [1.807, 2.05) is 18.2 Å². The first-order valence-corrected chi connectivity index (χ1v) is 14.9. The highest BCUT2D eigenvalue weighted by molar-refractivity contribution is 5.67. The van der Waals surface area contributed by atoms with Crippen LogP contribution in [-0.2, 0) is 20.8 Å². The van der Waals surface area contributed by atoms with Gasteiger partial charge < -0.3 is 19.5 Å². The number of alkyl carbamates (subject to hydrolysis) is 1. The third-order valence-electron chi connectivity index (χ3n) is 7.11. The van der Waals surface area contributed by atoms with E-state index in [9.17, 15) is 4.79 Å². The van der Waals surface area contributed by atoms with Gasteiger partial charge in [0, 0.05) is 13.2 Å². The number of hydrogen-bond acceptors (Lipinski definition) is 4. The fraction of sp³-hybridized carbons (Fsp3) is 0.774. The summed E-state index contributed by atoms with van der Waals surface area (Å²) in [7, 11) is 0. The van der Waals surface area contributed by atoms with Crippen LogP contribution in [0.15, 0.2) is 30.3 Å². The van der Waals surface area contributed by atoms with E-state index in [1.165, 1.54) is 89.0 Å². The first kappa shape index (κ1) is 30.6. The van der Waals surface area contributed by atoms with Gasteiger partial charge in [-0.25, -0.2) is 4.79 Å². The number of amides is 1. The number of carbonyl (C=O) groups is 1. The number of hydrogen-bond donors (Lipinski definition) is 1. The van der Waals surface area contributed by atoms with Crippen molar-refractivity contribution >= 4 is 6.09 Å². The fourth-order valence-electron chi connectivity index (χ4n) is 4.84. The predicted molar refractivity (Wildman–Crippen MR) is 148 cm³/mol. The number of ether oxygens (including phenoxy) is 3. The largest absolute Gasteiger partial charge is 0.444 e. The Kier molecular flexibility index (Phi) is 18.3. The summed E-state index contributed by atoms with van der Waals surface area (Å²) in [6.45, 7) is 5.42. The highest BCUT2D eigenvalue weighted by Gasteiger charge is 2.19. The van der Waals surface area contributed by atoms with Crippen molar-refractivity contribution in [3.63, 3.8) is 0 Å². The Morgan fingerprint density at radius 2 is 1.58 bits per heavy atom. The van der Waals surface area contributed by atoms with Gasteiger partial charge >= 0.3 is 6.09 Å². The molecule has 2 rings (SSSR count). The van der Waals surface area contributed by atoms with Gasteiger partial charge in [0.2, 0.25) is 0 Å². The summed E-state index contributed by atoms with van der Waals surface area (Å²) >= 11 is 0. The van der Waals surface area contributed by atoms with Gasteiger partial charge in [-0.1, -0.05) is 121 Å². The van der Waals surface area contributed by atoms with Gasteiger partial charge in [-0.2, -0.15) is 0 Å². The topological polar surface area (TPSA) is 56.8 Å². The van der Waals surface area contributed by atoms with Gasteiger partial charge in [0.05, 0.1) is 19.8 Å². The normalized spacial score (nSPS) is 16.5. The van der Waals surface area contributed by atoms with E-state index in [1.54, 1.807) is 0 Å². The lowest BCUT2D eigenvalue weighted by molar-refractivity contribution is -0.0170. The maximum atomic E-state index is 12.3. The lowest BCUT2D eigenvalue weighted by Gasteiger charge is -2.23. The van der Waals surface area contributed by atoms with Crippen LogP contribution >= 0.6 is 0 Å². The molecule has 1 fully saturated rings. The minimum atomic E-state index is -0.330. The zero-order valence-electron chi connectivity index (χ0n) is 23.0. The highest BCUT2D eigenvalue weighted by Crippen LogP contribution is 2.16. The van der Waals surface area contributed by atoms with E-state index in [2.05, 4.69) is 24.4 Å². The Bertz CT molecular complexity index is 633. The van der Waals surface area contributed by atoms with Crippen LogP contribution in [0.3, 0.4) is 0 Å². The zero-order chi connectivity index (χ0) is 25.5. The van der Waals surface area contributed by atoms with Gasteiger partial charge in [-0.15, -0.1) is 0 Å². The summed E-state index contributed by atoms with van der Waals surface area (Å²) in [4.78, 5) is 12.3. The maximum Gasteiger partial charge on any atom is 0.407 e. The van der Waals surface area contributed by atoms with Crippen molar-refractivity contribution in [2.24, 2.45) is 5.92 Å². The van der Waals surface area contributed by atoms with Gasteiger partial charge in [-0.3, -0.25) is 0 Å². The summed E-state index contributed by atoms with van der Waals surface area (Å²) in [5.41, 5.74) is 1.18. The molecule has 1 aromatic rings. The molecule has 0 aliphatic carbocycles. The molecule has 5 nitrogen and oxygen atoms in total.